The van der Waals surface area contributed by atoms with Gasteiger partial charge in [0, 0.05) is 11.1 Å². The quantitative estimate of drug-likeness (QED) is 0.894. The second kappa shape index (κ2) is 5.90. The van der Waals surface area contributed by atoms with Gasteiger partial charge < -0.3 is 15.2 Å². The lowest BCUT2D eigenvalue weighted by Crippen LogP contribution is -2.27. The van der Waals surface area contributed by atoms with E-state index in [-0.39, 0.29) is 23.8 Å². The van der Waals surface area contributed by atoms with E-state index in [1.54, 1.807) is 17.5 Å². The van der Waals surface area contributed by atoms with E-state index in [0.29, 0.717) is 5.89 Å². The summed E-state index contributed by atoms with van der Waals surface area (Å²) in [5.41, 5.74) is 0. The number of hydrogen-bond acceptors (Lipinski definition) is 7. The molecule has 0 radical (unpaired) electrons. The number of hydrogen-bond donors (Lipinski definition) is 2. The fourth-order valence-electron chi connectivity index (χ4n) is 2.26. The van der Waals surface area contributed by atoms with Gasteiger partial charge in [-0.25, -0.2) is 4.98 Å². The summed E-state index contributed by atoms with van der Waals surface area (Å²) >= 11 is 1.56. The third kappa shape index (κ3) is 3.11. The third-order valence-electron chi connectivity index (χ3n) is 3.36. The average molecular weight is 307 g/mol. The van der Waals surface area contributed by atoms with Crippen LogP contribution in [0, 0.1) is 6.92 Å². The van der Waals surface area contributed by atoms with Gasteiger partial charge in [0.2, 0.25) is 5.89 Å². The molecule has 1 fully saturated rings. The van der Waals surface area contributed by atoms with Gasteiger partial charge in [0.1, 0.15) is 5.01 Å². The Bertz CT molecular complexity index is 632. The van der Waals surface area contributed by atoms with Gasteiger partial charge in [-0.15, -0.1) is 11.3 Å². The molecule has 2 aromatic rings. The van der Waals surface area contributed by atoms with Gasteiger partial charge in [0.15, 0.2) is 0 Å². The van der Waals surface area contributed by atoms with E-state index in [1.807, 2.05) is 13.8 Å². The van der Waals surface area contributed by atoms with Crippen LogP contribution in [0.15, 0.2) is 10.7 Å². The van der Waals surface area contributed by atoms with E-state index >= 15 is 0 Å². The zero-order valence-electron chi connectivity index (χ0n) is 11.9. The first-order valence-electron chi connectivity index (χ1n) is 6.93. The zero-order chi connectivity index (χ0) is 14.8. The lowest BCUT2D eigenvalue weighted by molar-refractivity contribution is 0.0926. The van der Waals surface area contributed by atoms with Crippen LogP contribution >= 0.6 is 11.3 Å². The van der Waals surface area contributed by atoms with Crippen LogP contribution in [-0.2, 0) is 0 Å². The predicted octanol–water partition coefficient (Wildman–Crippen LogP) is 1.75. The second-order valence-corrected chi connectivity index (χ2v) is 6.38. The van der Waals surface area contributed by atoms with Crippen LogP contribution < -0.4 is 10.6 Å². The maximum Gasteiger partial charge on any atom is 0.293 e. The normalized spacial score (nSPS) is 19.6. The molecule has 21 heavy (non-hydrogen) atoms. The largest absolute Gasteiger partial charge is 0.340 e. The molecule has 8 heteroatoms. The molecule has 112 valence electrons. The lowest BCUT2D eigenvalue weighted by Gasteiger charge is -2.08. The fourth-order valence-corrected chi connectivity index (χ4v) is 3.04. The van der Waals surface area contributed by atoms with Crippen molar-refractivity contribution in [1.29, 1.82) is 0 Å². The monoisotopic (exact) mass is 307 g/mol. The van der Waals surface area contributed by atoms with Crippen LogP contribution in [0.1, 0.15) is 58.2 Å². The smallest absolute Gasteiger partial charge is 0.293 e. The summed E-state index contributed by atoms with van der Waals surface area (Å²) < 4.78 is 5.16. The van der Waals surface area contributed by atoms with Crippen LogP contribution in [0.3, 0.4) is 0 Å². The summed E-state index contributed by atoms with van der Waals surface area (Å²) in [6.07, 6.45) is 3.83. The van der Waals surface area contributed by atoms with Crippen molar-refractivity contribution in [2.24, 2.45) is 0 Å². The Morgan fingerprint density at radius 2 is 2.48 bits per heavy atom. The van der Waals surface area contributed by atoms with E-state index in [9.17, 15) is 4.79 Å². The second-order valence-electron chi connectivity index (χ2n) is 5.11. The van der Waals surface area contributed by atoms with Gasteiger partial charge in [-0.05, 0) is 33.2 Å². The van der Waals surface area contributed by atoms with Gasteiger partial charge in [-0.1, -0.05) is 5.16 Å². The van der Waals surface area contributed by atoms with Gasteiger partial charge in [0.25, 0.3) is 11.7 Å². The van der Waals surface area contributed by atoms with Gasteiger partial charge in [0.05, 0.1) is 12.1 Å². The number of nitrogens with zero attached hydrogens (tertiary/aromatic N) is 3. The first kappa shape index (κ1) is 14.2. The highest BCUT2D eigenvalue weighted by Gasteiger charge is 2.25. The zero-order valence-corrected chi connectivity index (χ0v) is 12.7. The minimum atomic E-state index is -0.344. The van der Waals surface area contributed by atoms with Crippen LogP contribution in [-0.4, -0.2) is 27.6 Å². The number of carbonyl (C=O) groups is 1. The number of nitrogens with one attached hydrogen (secondary N) is 2. The van der Waals surface area contributed by atoms with Crippen LogP contribution in [0.5, 0.6) is 0 Å². The molecule has 1 aliphatic rings. The maximum atomic E-state index is 12.1. The summed E-state index contributed by atoms with van der Waals surface area (Å²) in [5, 5.41) is 10.7. The molecule has 0 aromatic carbocycles. The van der Waals surface area contributed by atoms with Crippen LogP contribution in [0.4, 0.5) is 0 Å². The van der Waals surface area contributed by atoms with Crippen molar-refractivity contribution in [3.8, 4) is 0 Å². The molecule has 2 atom stereocenters. The van der Waals surface area contributed by atoms with E-state index in [1.165, 1.54) is 0 Å². The minimum Gasteiger partial charge on any atom is -0.340 e. The summed E-state index contributed by atoms with van der Waals surface area (Å²) in [4.78, 5) is 21.7. The molecule has 3 rings (SSSR count). The molecule has 2 N–H and O–H groups in total. The molecule has 2 aromatic heterocycles. The molecule has 1 aliphatic heterocycles. The SMILES string of the molecule is Cc1cnc(C(C)NC(=O)c2noc(C3CCCN3)n2)s1. The number of thiazole rings is 1. The van der Waals surface area contributed by atoms with Crippen molar-refractivity contribution in [1.82, 2.24) is 25.8 Å². The molecule has 0 saturated carbocycles. The number of aryl methyl sites for hydroxylation is 1. The van der Waals surface area contributed by atoms with Gasteiger partial charge >= 0.3 is 0 Å². The van der Waals surface area contributed by atoms with Crippen molar-refractivity contribution in [2.45, 2.75) is 38.8 Å². The Balaban J connectivity index is 1.65. The van der Waals surface area contributed by atoms with E-state index in [4.69, 9.17) is 4.52 Å². The highest BCUT2D eigenvalue weighted by Crippen LogP contribution is 2.22. The van der Waals surface area contributed by atoms with Crippen molar-refractivity contribution in [2.75, 3.05) is 6.54 Å². The Kier molecular flexibility index (Phi) is 3.98. The van der Waals surface area contributed by atoms with Crippen molar-refractivity contribution < 1.29 is 9.32 Å². The van der Waals surface area contributed by atoms with Crippen LogP contribution in [0.2, 0.25) is 0 Å². The van der Waals surface area contributed by atoms with Crippen molar-refractivity contribution in [3.63, 3.8) is 0 Å². The van der Waals surface area contributed by atoms with Gasteiger partial charge in [-0.2, -0.15) is 4.98 Å². The first-order valence-corrected chi connectivity index (χ1v) is 7.75. The highest BCUT2D eigenvalue weighted by molar-refractivity contribution is 7.11. The molecule has 7 nitrogen and oxygen atoms in total. The summed E-state index contributed by atoms with van der Waals surface area (Å²) in [5.74, 6) is 0.206. The lowest BCUT2D eigenvalue weighted by atomic mass is 10.2. The van der Waals surface area contributed by atoms with E-state index < -0.39 is 0 Å². The molecule has 1 saturated heterocycles. The summed E-state index contributed by atoms with van der Waals surface area (Å²) in [7, 11) is 0. The molecule has 0 bridgehead atoms. The highest BCUT2D eigenvalue weighted by atomic mass is 32.1. The predicted molar refractivity (Wildman–Crippen MR) is 77.0 cm³/mol. The summed E-state index contributed by atoms with van der Waals surface area (Å²) in [6.45, 7) is 4.81. The van der Waals surface area contributed by atoms with Gasteiger partial charge in [-0.3, -0.25) is 4.79 Å². The average Bonchev–Trinajstić information content (AvgIpc) is 3.19. The van der Waals surface area contributed by atoms with Crippen molar-refractivity contribution >= 4 is 17.2 Å². The molecule has 3 heterocycles. The number of rotatable bonds is 4. The molecular weight excluding hydrogens is 290 g/mol. The van der Waals surface area contributed by atoms with E-state index in [2.05, 4.69) is 25.8 Å². The standard InChI is InChI=1S/C13H17N5O2S/c1-7-6-15-13(21-7)8(2)16-11(19)10-17-12(20-18-10)9-4-3-5-14-9/h6,8-9,14H,3-5H2,1-2H3,(H,16,19). The topological polar surface area (TPSA) is 92.9 Å². The number of amides is 1. The minimum absolute atomic E-state index is 0.0677. The Morgan fingerprint density at radius 1 is 1.62 bits per heavy atom. The molecule has 0 spiro atoms. The van der Waals surface area contributed by atoms with E-state index in [0.717, 1.165) is 29.3 Å². The number of carbonyl (C=O) groups excluding carboxylic acids is 1. The molecule has 2 unspecified atom stereocenters. The summed E-state index contributed by atoms with van der Waals surface area (Å²) in [6, 6.07) is -0.110. The van der Waals surface area contributed by atoms with Crippen LogP contribution in [0.25, 0.3) is 0 Å². The molecular formula is C13H17N5O2S. The van der Waals surface area contributed by atoms with Crippen molar-refractivity contribution in [3.05, 3.63) is 27.8 Å². The first-order chi connectivity index (χ1) is 10.1. The molecule has 1 amide bonds. The Labute approximate surface area is 126 Å². The Hall–Kier alpha value is -1.80. The maximum absolute atomic E-state index is 12.1. The Morgan fingerprint density at radius 3 is 3.14 bits per heavy atom. The number of aromatic nitrogens is 3. The third-order valence-corrected chi connectivity index (χ3v) is 4.46. The molecule has 0 aliphatic carbocycles. The fraction of sp³-hybridized carbons (Fsp3) is 0.538.